The van der Waals surface area contributed by atoms with Gasteiger partial charge >= 0.3 is 47.8 Å². The molecule has 2 nitrogen and oxygen atoms in total. The van der Waals surface area contributed by atoms with E-state index in [4.69, 9.17) is 0 Å². The lowest BCUT2D eigenvalue weighted by Crippen LogP contribution is -2.75. The van der Waals surface area contributed by atoms with Crippen LogP contribution in [0.5, 0.6) is 11.5 Å². The van der Waals surface area contributed by atoms with Gasteiger partial charge in [-0.1, -0.05) is 12.1 Å². The molecule has 0 atom stereocenters. The lowest BCUT2D eigenvalue weighted by atomic mass is 9.90. The highest BCUT2D eigenvalue weighted by Crippen LogP contribution is 2.64. The summed E-state index contributed by atoms with van der Waals surface area (Å²) < 4.78 is 233. The largest absolute Gasteiger partial charge is 0.471 e. The summed E-state index contributed by atoms with van der Waals surface area (Å²) in [5.74, 6) is -52.4. The van der Waals surface area contributed by atoms with E-state index in [0.717, 1.165) is 27.7 Å². The fourth-order valence-electron chi connectivity index (χ4n) is 3.56. The van der Waals surface area contributed by atoms with Crippen molar-refractivity contribution in [3.63, 3.8) is 0 Å². The van der Waals surface area contributed by atoms with Crippen LogP contribution in [0.15, 0.2) is 36.4 Å². The van der Waals surface area contributed by atoms with Crippen molar-refractivity contribution in [3.05, 3.63) is 58.7 Å². The minimum absolute atomic E-state index is 0.0569. The molecular formula is C24H18F16O2. The number of ether oxygens (including phenoxy) is 2. The quantitative estimate of drug-likeness (QED) is 0.228. The maximum atomic E-state index is 14.2. The van der Waals surface area contributed by atoms with E-state index in [1.807, 2.05) is 0 Å². The van der Waals surface area contributed by atoms with Gasteiger partial charge in [0.1, 0.15) is 11.5 Å². The molecule has 18 heteroatoms. The molecule has 2 rings (SSSR count). The van der Waals surface area contributed by atoms with E-state index in [2.05, 4.69) is 9.47 Å². The first-order valence-electron chi connectivity index (χ1n) is 11.1. The van der Waals surface area contributed by atoms with Crippen LogP contribution < -0.4 is 9.47 Å². The number of alkyl halides is 16. The van der Waals surface area contributed by atoms with Gasteiger partial charge < -0.3 is 9.47 Å². The van der Waals surface area contributed by atoms with Crippen LogP contribution in [0.25, 0.3) is 0 Å². The Morgan fingerprint density at radius 2 is 0.524 bits per heavy atom. The summed E-state index contributed by atoms with van der Waals surface area (Å²) in [7, 11) is 0. The van der Waals surface area contributed by atoms with E-state index in [-0.39, 0.29) is 22.3 Å². The van der Waals surface area contributed by atoms with E-state index in [0.29, 0.717) is 24.3 Å². The van der Waals surface area contributed by atoms with E-state index in [1.54, 1.807) is 0 Å². The zero-order chi connectivity index (χ0) is 33.1. The van der Waals surface area contributed by atoms with Crippen LogP contribution >= 0.6 is 0 Å². The van der Waals surface area contributed by atoms with Gasteiger partial charge in [0.2, 0.25) is 0 Å². The van der Waals surface area contributed by atoms with Gasteiger partial charge in [-0.15, -0.1) is 0 Å². The lowest BCUT2D eigenvalue weighted by molar-refractivity contribution is -0.474. The van der Waals surface area contributed by atoms with Gasteiger partial charge in [0.15, 0.2) is 0 Å². The SMILES string of the molecule is Cc1cc(C)cc(OC(F)(F)C(F)(F)C(F)(F)C(F)(F)C(F)(F)C(F)(F)C(F)(F)C(F)(F)Oc2cc(C)cc(C)c2)c1. The number of rotatable bonds is 11. The summed E-state index contributed by atoms with van der Waals surface area (Å²) in [6.07, 6.45) is -13.8. The molecule has 0 spiro atoms. The summed E-state index contributed by atoms with van der Waals surface area (Å²) in [4.78, 5) is 0. The number of hydrogen-bond acceptors (Lipinski definition) is 2. The Kier molecular flexibility index (Phi) is 8.59. The minimum Gasteiger partial charge on any atom is -0.428 e. The Morgan fingerprint density at radius 3 is 0.738 bits per heavy atom. The van der Waals surface area contributed by atoms with Gasteiger partial charge in [0.05, 0.1) is 0 Å². The predicted octanol–water partition coefficient (Wildman–Crippen LogP) is 9.38. The summed E-state index contributed by atoms with van der Waals surface area (Å²) in [5, 5.41) is 0. The van der Waals surface area contributed by atoms with E-state index in [1.165, 1.54) is 12.1 Å². The van der Waals surface area contributed by atoms with Gasteiger partial charge in [-0.05, 0) is 74.2 Å². The smallest absolute Gasteiger partial charge is 0.428 e. The van der Waals surface area contributed by atoms with Gasteiger partial charge in [-0.3, -0.25) is 0 Å². The Balaban J connectivity index is 2.56. The van der Waals surface area contributed by atoms with Crippen LogP contribution in [0.3, 0.4) is 0 Å². The molecule has 0 aliphatic heterocycles. The molecule has 0 saturated carbocycles. The first-order valence-corrected chi connectivity index (χ1v) is 11.1. The van der Waals surface area contributed by atoms with Gasteiger partial charge in [-0.2, -0.15) is 70.2 Å². The van der Waals surface area contributed by atoms with E-state index < -0.39 is 59.3 Å². The third-order valence-corrected chi connectivity index (χ3v) is 5.59. The fourth-order valence-corrected chi connectivity index (χ4v) is 3.56. The highest BCUT2D eigenvalue weighted by molar-refractivity contribution is 5.34. The molecule has 0 aliphatic rings. The van der Waals surface area contributed by atoms with E-state index >= 15 is 0 Å². The second-order valence-electron chi connectivity index (χ2n) is 9.33. The van der Waals surface area contributed by atoms with Crippen LogP contribution in [-0.4, -0.2) is 47.8 Å². The Morgan fingerprint density at radius 1 is 0.333 bits per heavy atom. The van der Waals surface area contributed by atoms with Crippen molar-refractivity contribution in [2.75, 3.05) is 0 Å². The summed E-state index contributed by atoms with van der Waals surface area (Å²) in [6, 6.07) is 4.24. The summed E-state index contributed by atoms with van der Waals surface area (Å²) in [6.45, 7) is 4.51. The second kappa shape index (κ2) is 10.3. The monoisotopic (exact) mass is 642 g/mol. The molecule has 0 aromatic heterocycles. The van der Waals surface area contributed by atoms with Crippen molar-refractivity contribution in [1.29, 1.82) is 0 Å². The molecule has 42 heavy (non-hydrogen) atoms. The first kappa shape index (κ1) is 35.1. The number of aryl methyl sites for hydroxylation is 4. The molecule has 0 bridgehead atoms. The van der Waals surface area contributed by atoms with Crippen LogP contribution in [0, 0.1) is 27.7 Å². The molecule has 0 heterocycles. The Hall–Kier alpha value is -3.08. The van der Waals surface area contributed by atoms with Crippen molar-refractivity contribution >= 4 is 0 Å². The normalized spacial score (nSPS) is 14.7. The molecule has 0 unspecified atom stereocenters. The molecular weight excluding hydrogens is 624 g/mol. The summed E-state index contributed by atoms with van der Waals surface area (Å²) in [5.41, 5.74) is -0.227. The van der Waals surface area contributed by atoms with Crippen LogP contribution in [0.2, 0.25) is 0 Å². The first-order chi connectivity index (χ1) is 18.5. The van der Waals surface area contributed by atoms with E-state index in [9.17, 15) is 70.2 Å². The van der Waals surface area contributed by atoms with Crippen molar-refractivity contribution in [2.24, 2.45) is 0 Å². The summed E-state index contributed by atoms with van der Waals surface area (Å²) >= 11 is 0. The van der Waals surface area contributed by atoms with Gasteiger partial charge in [-0.25, -0.2) is 0 Å². The van der Waals surface area contributed by atoms with Crippen molar-refractivity contribution in [3.8, 4) is 11.5 Å². The van der Waals surface area contributed by atoms with Crippen molar-refractivity contribution < 1.29 is 79.7 Å². The molecule has 0 radical (unpaired) electrons. The second-order valence-corrected chi connectivity index (χ2v) is 9.33. The van der Waals surface area contributed by atoms with Crippen molar-refractivity contribution in [2.45, 2.75) is 75.4 Å². The highest BCUT2D eigenvalue weighted by atomic mass is 19.4. The lowest BCUT2D eigenvalue weighted by Gasteiger charge is -2.43. The molecule has 0 N–H and O–H groups in total. The van der Waals surface area contributed by atoms with Crippen LogP contribution in [0.4, 0.5) is 70.2 Å². The molecule has 2 aromatic carbocycles. The highest BCUT2D eigenvalue weighted by Gasteiger charge is 2.96. The third-order valence-electron chi connectivity index (χ3n) is 5.59. The molecule has 0 aliphatic carbocycles. The molecule has 0 saturated heterocycles. The molecule has 0 fully saturated rings. The minimum atomic E-state index is -8.57. The maximum absolute atomic E-state index is 14.2. The van der Waals surface area contributed by atoms with Gasteiger partial charge in [0.25, 0.3) is 0 Å². The molecule has 2 aromatic rings. The zero-order valence-electron chi connectivity index (χ0n) is 21.3. The topological polar surface area (TPSA) is 18.5 Å². The molecule has 0 amide bonds. The standard InChI is InChI=1S/C24H18F16O2/c1-11-5-12(2)8-15(7-11)41-23(37,38)21(33,34)19(29,30)17(25,26)18(27,28)20(31,32)22(35,36)24(39,40)42-16-9-13(3)6-14(4)10-16/h5-10H,1-4H3. The Labute approximate surface area is 226 Å². The van der Waals surface area contributed by atoms with Gasteiger partial charge in [0, 0.05) is 0 Å². The number of benzene rings is 2. The Bertz CT molecular complexity index is 1160. The maximum Gasteiger partial charge on any atom is 0.471 e. The fraction of sp³-hybridized carbons (Fsp3) is 0.500. The van der Waals surface area contributed by atoms with Crippen molar-refractivity contribution in [1.82, 2.24) is 0 Å². The average Bonchev–Trinajstić information content (AvgIpc) is 2.76. The average molecular weight is 642 g/mol. The predicted molar refractivity (Wildman–Crippen MR) is 113 cm³/mol. The number of halogens is 16. The third kappa shape index (κ3) is 5.40. The zero-order valence-corrected chi connectivity index (χ0v) is 21.3. The molecule has 238 valence electrons. The number of hydrogen-bond donors (Lipinski definition) is 0. The van der Waals surface area contributed by atoms with Crippen LogP contribution in [-0.2, 0) is 0 Å². The van der Waals surface area contributed by atoms with Crippen LogP contribution in [0.1, 0.15) is 22.3 Å².